The Morgan fingerprint density at radius 2 is 2.20 bits per heavy atom. The molecule has 0 atom stereocenters. The van der Waals surface area contributed by atoms with Crippen molar-refractivity contribution in [1.29, 1.82) is 0 Å². The minimum absolute atomic E-state index is 0.0626. The number of amides is 1. The van der Waals surface area contributed by atoms with E-state index in [4.69, 9.17) is 0 Å². The number of nitrogens with zero attached hydrogens (tertiary/aromatic N) is 4. The Balaban J connectivity index is 1.92. The van der Waals surface area contributed by atoms with Crippen molar-refractivity contribution in [3.8, 4) is 0 Å². The van der Waals surface area contributed by atoms with Gasteiger partial charge in [-0.05, 0) is 36.7 Å². The van der Waals surface area contributed by atoms with Crippen LogP contribution in [0.4, 0.5) is 0 Å². The van der Waals surface area contributed by atoms with Crippen LogP contribution in [-0.2, 0) is 24.4 Å². The van der Waals surface area contributed by atoms with E-state index in [2.05, 4.69) is 31.4 Å². The van der Waals surface area contributed by atoms with E-state index in [9.17, 15) is 4.79 Å². The second-order valence-electron chi connectivity index (χ2n) is 4.61. The lowest BCUT2D eigenvalue weighted by Gasteiger charge is -2.06. The van der Waals surface area contributed by atoms with E-state index in [0.29, 0.717) is 6.54 Å². The fourth-order valence-corrected chi connectivity index (χ4v) is 2.16. The van der Waals surface area contributed by atoms with E-state index in [0.717, 1.165) is 28.0 Å². The quantitative estimate of drug-likeness (QED) is 0.903. The second-order valence-corrected chi connectivity index (χ2v) is 5.46. The van der Waals surface area contributed by atoms with Crippen LogP contribution in [0.5, 0.6) is 0 Å². The highest BCUT2D eigenvalue weighted by molar-refractivity contribution is 9.10. The lowest BCUT2D eigenvalue weighted by Crippen LogP contribution is -2.28. The maximum Gasteiger partial charge on any atom is 0.242 e. The summed E-state index contributed by atoms with van der Waals surface area (Å²) in [6.07, 6.45) is 3.66. The Kier molecular flexibility index (Phi) is 4.59. The highest BCUT2D eigenvalue weighted by Crippen LogP contribution is 2.13. The third-order valence-electron chi connectivity index (χ3n) is 3.18. The first-order chi connectivity index (χ1) is 9.51. The summed E-state index contributed by atoms with van der Waals surface area (Å²) in [5, 5.41) is 11.4. The topological polar surface area (TPSA) is 64.7 Å². The van der Waals surface area contributed by atoms with Gasteiger partial charge >= 0.3 is 0 Å². The van der Waals surface area contributed by atoms with Gasteiger partial charge in [0, 0.05) is 24.8 Å². The minimum Gasteiger partial charge on any atom is -0.350 e. The highest BCUT2D eigenvalue weighted by atomic mass is 79.9. The summed E-state index contributed by atoms with van der Waals surface area (Å²) in [5.74, 6) is -0.0626. The van der Waals surface area contributed by atoms with Crippen molar-refractivity contribution >= 4 is 21.8 Å². The molecule has 0 aliphatic carbocycles. The van der Waals surface area contributed by atoms with Crippen molar-refractivity contribution in [3.63, 3.8) is 0 Å². The molecule has 0 saturated heterocycles. The molecule has 0 aliphatic heterocycles. The monoisotopic (exact) mass is 339 g/mol. The molecule has 0 aromatic carbocycles. The van der Waals surface area contributed by atoms with Crippen LogP contribution in [-0.4, -0.2) is 25.5 Å². The van der Waals surface area contributed by atoms with E-state index < -0.39 is 0 Å². The number of hydrogen-bond donors (Lipinski definition) is 1. The van der Waals surface area contributed by atoms with Crippen LogP contribution >= 0.6 is 15.9 Å². The Bertz CT molecular complexity index is 616. The van der Waals surface area contributed by atoms with E-state index in [1.54, 1.807) is 10.9 Å². The van der Waals surface area contributed by atoms with Gasteiger partial charge in [0.15, 0.2) is 0 Å². The Morgan fingerprint density at radius 1 is 1.45 bits per heavy atom. The van der Waals surface area contributed by atoms with E-state index in [1.807, 2.05) is 31.6 Å². The molecular weight excluding hydrogens is 322 g/mol. The highest BCUT2D eigenvalue weighted by Gasteiger charge is 2.10. The standard InChI is InChI=1S/C13H18BrN5O/c1-4-18-7-11(9(2)17-18)5-15-13(20)8-19-10(3)12(14)6-16-19/h6-7H,4-5,8H2,1-3H3,(H,15,20). The van der Waals surface area contributed by atoms with Gasteiger partial charge in [-0.1, -0.05) is 0 Å². The first-order valence-corrected chi connectivity index (χ1v) is 7.28. The maximum absolute atomic E-state index is 11.9. The van der Waals surface area contributed by atoms with Crippen molar-refractivity contribution in [1.82, 2.24) is 24.9 Å². The second kappa shape index (κ2) is 6.21. The Morgan fingerprint density at radius 3 is 2.75 bits per heavy atom. The van der Waals surface area contributed by atoms with Crippen molar-refractivity contribution in [2.75, 3.05) is 0 Å². The summed E-state index contributed by atoms with van der Waals surface area (Å²) in [4.78, 5) is 11.9. The lowest BCUT2D eigenvalue weighted by atomic mass is 10.2. The molecule has 2 aromatic heterocycles. The van der Waals surface area contributed by atoms with Crippen molar-refractivity contribution in [2.45, 2.75) is 40.4 Å². The van der Waals surface area contributed by atoms with Crippen LogP contribution in [0.2, 0.25) is 0 Å². The van der Waals surface area contributed by atoms with Crippen LogP contribution in [0.25, 0.3) is 0 Å². The SMILES string of the molecule is CCn1cc(CNC(=O)Cn2ncc(Br)c2C)c(C)n1. The molecular formula is C13H18BrN5O. The van der Waals surface area contributed by atoms with Gasteiger partial charge in [-0.3, -0.25) is 14.2 Å². The number of nitrogens with one attached hydrogen (secondary N) is 1. The molecule has 108 valence electrons. The molecule has 2 heterocycles. The predicted molar refractivity (Wildman–Crippen MR) is 79.1 cm³/mol. The number of halogens is 1. The summed E-state index contributed by atoms with van der Waals surface area (Å²) in [6.45, 7) is 7.44. The third kappa shape index (κ3) is 3.27. The molecule has 0 aliphatic rings. The fraction of sp³-hybridized carbons (Fsp3) is 0.462. The summed E-state index contributed by atoms with van der Waals surface area (Å²) in [7, 11) is 0. The van der Waals surface area contributed by atoms with Gasteiger partial charge in [0.2, 0.25) is 5.91 Å². The third-order valence-corrected chi connectivity index (χ3v) is 3.96. The largest absolute Gasteiger partial charge is 0.350 e. The van der Waals surface area contributed by atoms with Gasteiger partial charge in [-0.25, -0.2) is 0 Å². The molecule has 2 aromatic rings. The normalized spacial score (nSPS) is 10.8. The van der Waals surface area contributed by atoms with Gasteiger partial charge in [-0.15, -0.1) is 0 Å². The summed E-state index contributed by atoms with van der Waals surface area (Å²) >= 11 is 3.38. The van der Waals surface area contributed by atoms with Crippen LogP contribution < -0.4 is 5.32 Å². The Hall–Kier alpha value is -1.63. The van der Waals surface area contributed by atoms with Crippen LogP contribution in [0, 0.1) is 13.8 Å². The lowest BCUT2D eigenvalue weighted by molar-refractivity contribution is -0.122. The van der Waals surface area contributed by atoms with E-state index in [1.165, 1.54) is 0 Å². The predicted octanol–water partition coefficient (Wildman–Crippen LogP) is 1.80. The maximum atomic E-state index is 11.9. The molecule has 1 N–H and O–H groups in total. The zero-order valence-electron chi connectivity index (χ0n) is 11.9. The van der Waals surface area contributed by atoms with Crippen molar-refractivity contribution < 1.29 is 4.79 Å². The molecule has 0 spiro atoms. The average molecular weight is 340 g/mol. The number of aromatic nitrogens is 4. The number of aryl methyl sites for hydroxylation is 2. The van der Waals surface area contributed by atoms with Crippen LogP contribution in [0.15, 0.2) is 16.9 Å². The van der Waals surface area contributed by atoms with Gasteiger partial charge in [0.25, 0.3) is 0 Å². The first kappa shape index (κ1) is 14.8. The minimum atomic E-state index is -0.0626. The fourth-order valence-electron chi connectivity index (χ4n) is 1.86. The molecule has 0 unspecified atom stereocenters. The van der Waals surface area contributed by atoms with Crippen LogP contribution in [0.3, 0.4) is 0 Å². The smallest absolute Gasteiger partial charge is 0.242 e. The molecule has 0 radical (unpaired) electrons. The van der Waals surface area contributed by atoms with Gasteiger partial charge in [0.1, 0.15) is 6.54 Å². The van der Waals surface area contributed by atoms with E-state index in [-0.39, 0.29) is 12.5 Å². The van der Waals surface area contributed by atoms with Crippen molar-refractivity contribution in [2.24, 2.45) is 0 Å². The Labute approximate surface area is 126 Å². The van der Waals surface area contributed by atoms with Crippen LogP contribution in [0.1, 0.15) is 23.9 Å². The molecule has 1 amide bonds. The molecule has 0 fully saturated rings. The molecule has 2 rings (SSSR count). The number of rotatable bonds is 5. The average Bonchev–Trinajstić information content (AvgIpc) is 2.94. The van der Waals surface area contributed by atoms with Gasteiger partial charge in [-0.2, -0.15) is 10.2 Å². The van der Waals surface area contributed by atoms with Crippen molar-refractivity contribution in [3.05, 3.63) is 33.8 Å². The summed E-state index contributed by atoms with van der Waals surface area (Å²) in [6, 6.07) is 0. The number of carbonyl (C=O) groups is 1. The zero-order chi connectivity index (χ0) is 14.7. The molecule has 7 heteroatoms. The molecule has 6 nitrogen and oxygen atoms in total. The van der Waals surface area contributed by atoms with E-state index >= 15 is 0 Å². The number of hydrogen-bond acceptors (Lipinski definition) is 3. The first-order valence-electron chi connectivity index (χ1n) is 6.48. The molecule has 0 saturated carbocycles. The summed E-state index contributed by atoms with van der Waals surface area (Å²) in [5.41, 5.74) is 2.93. The molecule has 0 bridgehead atoms. The summed E-state index contributed by atoms with van der Waals surface area (Å²) < 4.78 is 4.44. The van der Waals surface area contributed by atoms with Gasteiger partial charge < -0.3 is 5.32 Å². The zero-order valence-corrected chi connectivity index (χ0v) is 13.4. The molecule has 20 heavy (non-hydrogen) atoms. The van der Waals surface area contributed by atoms with Gasteiger partial charge in [0.05, 0.1) is 22.1 Å². The number of carbonyl (C=O) groups excluding carboxylic acids is 1.